The SMILES string of the molecule is CCNC(=NCc1cccc(Cn2cncn2)c1)NC(C)CCCC(C)C. The molecule has 27 heavy (non-hydrogen) atoms. The molecule has 6 nitrogen and oxygen atoms in total. The highest BCUT2D eigenvalue weighted by Crippen LogP contribution is 2.09. The summed E-state index contributed by atoms with van der Waals surface area (Å²) in [5, 5.41) is 11.0. The van der Waals surface area contributed by atoms with Crippen molar-refractivity contribution in [2.75, 3.05) is 6.54 Å². The van der Waals surface area contributed by atoms with Crippen LogP contribution in [0.1, 0.15) is 58.1 Å². The maximum atomic E-state index is 4.76. The van der Waals surface area contributed by atoms with Crippen molar-refractivity contribution >= 4 is 5.96 Å². The van der Waals surface area contributed by atoms with E-state index in [1.807, 2.05) is 4.68 Å². The Kier molecular flexibility index (Phi) is 8.81. The fourth-order valence-electron chi connectivity index (χ4n) is 2.96. The first-order valence-corrected chi connectivity index (χ1v) is 10.0. The van der Waals surface area contributed by atoms with E-state index in [2.05, 4.69) is 72.7 Å². The van der Waals surface area contributed by atoms with Crippen molar-refractivity contribution in [3.8, 4) is 0 Å². The Hall–Kier alpha value is -2.37. The smallest absolute Gasteiger partial charge is 0.191 e. The first-order chi connectivity index (χ1) is 13.1. The van der Waals surface area contributed by atoms with Gasteiger partial charge in [0.2, 0.25) is 0 Å². The van der Waals surface area contributed by atoms with Crippen LogP contribution in [0.15, 0.2) is 41.9 Å². The molecule has 0 saturated carbocycles. The van der Waals surface area contributed by atoms with Gasteiger partial charge in [0.15, 0.2) is 5.96 Å². The molecule has 1 aromatic carbocycles. The predicted octanol–water partition coefficient (Wildman–Crippen LogP) is 3.60. The molecule has 2 aromatic rings. The Morgan fingerprint density at radius 1 is 1.19 bits per heavy atom. The van der Waals surface area contributed by atoms with Gasteiger partial charge in [-0.2, -0.15) is 5.10 Å². The Labute approximate surface area is 163 Å². The molecule has 0 radical (unpaired) electrons. The molecule has 0 fully saturated rings. The average Bonchev–Trinajstić information content (AvgIpc) is 3.13. The molecule has 2 rings (SSSR count). The van der Waals surface area contributed by atoms with Crippen LogP contribution in [0.5, 0.6) is 0 Å². The molecule has 0 spiro atoms. The van der Waals surface area contributed by atoms with Crippen molar-refractivity contribution in [1.82, 2.24) is 25.4 Å². The van der Waals surface area contributed by atoms with Crippen molar-refractivity contribution in [1.29, 1.82) is 0 Å². The van der Waals surface area contributed by atoms with Crippen LogP contribution in [-0.2, 0) is 13.1 Å². The molecule has 0 aliphatic heterocycles. The van der Waals surface area contributed by atoms with Gasteiger partial charge in [0.25, 0.3) is 0 Å². The quantitative estimate of drug-likeness (QED) is 0.495. The summed E-state index contributed by atoms with van der Waals surface area (Å²) in [6.45, 7) is 11.1. The highest BCUT2D eigenvalue weighted by Gasteiger charge is 2.06. The summed E-state index contributed by atoms with van der Waals surface area (Å²) >= 11 is 0. The van der Waals surface area contributed by atoms with Gasteiger partial charge in [-0.3, -0.25) is 0 Å². The number of nitrogens with zero attached hydrogens (tertiary/aromatic N) is 4. The number of rotatable bonds is 10. The van der Waals surface area contributed by atoms with Gasteiger partial charge in [0.05, 0.1) is 13.1 Å². The lowest BCUT2D eigenvalue weighted by Crippen LogP contribution is -2.42. The van der Waals surface area contributed by atoms with E-state index < -0.39 is 0 Å². The Bertz CT molecular complexity index is 678. The fraction of sp³-hybridized carbons (Fsp3) is 0.571. The van der Waals surface area contributed by atoms with Crippen molar-refractivity contribution in [3.05, 3.63) is 48.0 Å². The van der Waals surface area contributed by atoms with E-state index in [1.54, 1.807) is 12.7 Å². The molecule has 0 amide bonds. The number of aromatic nitrogens is 3. The average molecular weight is 371 g/mol. The molecule has 0 aliphatic rings. The van der Waals surface area contributed by atoms with Crippen LogP contribution in [0.25, 0.3) is 0 Å². The minimum absolute atomic E-state index is 0.417. The largest absolute Gasteiger partial charge is 0.357 e. The molecule has 1 atom stereocenters. The van der Waals surface area contributed by atoms with E-state index in [9.17, 15) is 0 Å². The lowest BCUT2D eigenvalue weighted by atomic mass is 10.0. The molecular formula is C21H34N6. The minimum Gasteiger partial charge on any atom is -0.357 e. The first kappa shape index (κ1) is 20.9. The summed E-state index contributed by atoms with van der Waals surface area (Å²) < 4.78 is 1.83. The third-order valence-corrected chi connectivity index (χ3v) is 4.37. The number of hydrogen-bond acceptors (Lipinski definition) is 3. The molecule has 1 aromatic heterocycles. The zero-order valence-electron chi connectivity index (χ0n) is 17.2. The Morgan fingerprint density at radius 3 is 2.70 bits per heavy atom. The summed E-state index contributed by atoms with van der Waals surface area (Å²) in [6.07, 6.45) is 6.98. The maximum Gasteiger partial charge on any atom is 0.191 e. The van der Waals surface area contributed by atoms with Gasteiger partial charge in [-0.25, -0.2) is 14.7 Å². The second-order valence-electron chi connectivity index (χ2n) is 7.48. The van der Waals surface area contributed by atoms with Crippen LogP contribution in [-0.4, -0.2) is 33.3 Å². The number of guanidine groups is 1. The van der Waals surface area contributed by atoms with Crippen LogP contribution in [0.2, 0.25) is 0 Å². The number of benzene rings is 1. The second kappa shape index (κ2) is 11.4. The third kappa shape index (κ3) is 8.24. The second-order valence-corrected chi connectivity index (χ2v) is 7.48. The van der Waals surface area contributed by atoms with E-state index in [0.29, 0.717) is 12.6 Å². The maximum absolute atomic E-state index is 4.76. The van der Waals surface area contributed by atoms with E-state index in [-0.39, 0.29) is 0 Å². The van der Waals surface area contributed by atoms with E-state index in [4.69, 9.17) is 4.99 Å². The van der Waals surface area contributed by atoms with Crippen LogP contribution in [0.4, 0.5) is 0 Å². The molecule has 1 heterocycles. The molecule has 148 valence electrons. The van der Waals surface area contributed by atoms with Crippen molar-refractivity contribution in [2.45, 2.75) is 66.1 Å². The molecule has 0 aliphatic carbocycles. The van der Waals surface area contributed by atoms with Crippen molar-refractivity contribution in [2.24, 2.45) is 10.9 Å². The van der Waals surface area contributed by atoms with Gasteiger partial charge in [-0.1, -0.05) is 51.0 Å². The number of hydrogen-bond donors (Lipinski definition) is 2. The highest BCUT2D eigenvalue weighted by molar-refractivity contribution is 5.80. The Balaban J connectivity index is 1.91. The normalized spacial score (nSPS) is 13.0. The van der Waals surface area contributed by atoms with Gasteiger partial charge < -0.3 is 10.6 Å². The summed E-state index contributed by atoms with van der Waals surface area (Å²) in [5.74, 6) is 1.65. The topological polar surface area (TPSA) is 67.1 Å². The lowest BCUT2D eigenvalue weighted by Gasteiger charge is -2.18. The van der Waals surface area contributed by atoms with Crippen LogP contribution < -0.4 is 10.6 Å². The molecule has 0 saturated heterocycles. The summed E-state index contributed by atoms with van der Waals surface area (Å²) in [6, 6.07) is 8.89. The lowest BCUT2D eigenvalue weighted by molar-refractivity contribution is 0.491. The highest BCUT2D eigenvalue weighted by atomic mass is 15.3. The van der Waals surface area contributed by atoms with Crippen LogP contribution in [0, 0.1) is 5.92 Å². The molecule has 6 heteroatoms. The fourth-order valence-corrected chi connectivity index (χ4v) is 2.96. The summed E-state index contributed by atoms with van der Waals surface area (Å²) in [5.41, 5.74) is 2.39. The number of aliphatic imine (C=N–C) groups is 1. The predicted molar refractivity (Wildman–Crippen MR) is 112 cm³/mol. The van der Waals surface area contributed by atoms with Gasteiger partial charge in [0.1, 0.15) is 12.7 Å². The van der Waals surface area contributed by atoms with Gasteiger partial charge in [-0.15, -0.1) is 0 Å². The summed E-state index contributed by atoms with van der Waals surface area (Å²) in [4.78, 5) is 8.76. The van der Waals surface area contributed by atoms with Crippen molar-refractivity contribution < 1.29 is 0 Å². The molecule has 1 unspecified atom stereocenters. The Morgan fingerprint density at radius 2 is 2.00 bits per heavy atom. The molecule has 0 bridgehead atoms. The van der Waals surface area contributed by atoms with E-state index >= 15 is 0 Å². The molecule has 2 N–H and O–H groups in total. The number of nitrogens with one attached hydrogen (secondary N) is 2. The van der Waals surface area contributed by atoms with Crippen LogP contribution >= 0.6 is 0 Å². The summed E-state index contributed by atoms with van der Waals surface area (Å²) in [7, 11) is 0. The van der Waals surface area contributed by atoms with Gasteiger partial charge in [0, 0.05) is 12.6 Å². The zero-order chi connectivity index (χ0) is 19.5. The first-order valence-electron chi connectivity index (χ1n) is 10.0. The zero-order valence-corrected chi connectivity index (χ0v) is 17.2. The van der Waals surface area contributed by atoms with Crippen LogP contribution in [0.3, 0.4) is 0 Å². The van der Waals surface area contributed by atoms with E-state index in [1.165, 1.54) is 24.0 Å². The van der Waals surface area contributed by atoms with Crippen molar-refractivity contribution in [3.63, 3.8) is 0 Å². The van der Waals surface area contributed by atoms with E-state index in [0.717, 1.165) is 31.4 Å². The minimum atomic E-state index is 0.417. The third-order valence-electron chi connectivity index (χ3n) is 4.37. The standard InChI is InChI=1S/C21H34N6/c1-5-23-21(26-18(4)9-6-8-17(2)3)24-13-19-10-7-11-20(12-19)14-27-16-22-15-25-27/h7,10-12,15-18H,5-6,8-9,13-14H2,1-4H3,(H2,23,24,26). The van der Waals surface area contributed by atoms with Gasteiger partial charge in [-0.05, 0) is 37.3 Å². The monoisotopic (exact) mass is 370 g/mol. The molecular weight excluding hydrogens is 336 g/mol. The van der Waals surface area contributed by atoms with Gasteiger partial charge >= 0.3 is 0 Å².